The second kappa shape index (κ2) is 23.3. The van der Waals surface area contributed by atoms with Gasteiger partial charge >= 0.3 is 0 Å². The minimum Gasteiger partial charge on any atom is -0.490 e. The van der Waals surface area contributed by atoms with Crippen molar-refractivity contribution in [1.29, 1.82) is 0 Å². The first-order valence-corrected chi connectivity index (χ1v) is 18.6. The van der Waals surface area contributed by atoms with E-state index in [1.165, 1.54) is 0 Å². The van der Waals surface area contributed by atoms with Crippen LogP contribution in [0.3, 0.4) is 0 Å². The van der Waals surface area contributed by atoms with Gasteiger partial charge in [-0.2, -0.15) is 0 Å². The third-order valence-corrected chi connectivity index (χ3v) is 9.52. The van der Waals surface area contributed by atoms with E-state index in [9.17, 15) is 30.6 Å². The smallest absolute Gasteiger partial charge is 0.130 e. The molecule has 0 bridgehead atoms. The van der Waals surface area contributed by atoms with Gasteiger partial charge < -0.3 is 49.6 Å². The number of aliphatic hydroxyl groups excluding tert-OH is 6. The molecule has 0 spiro atoms. The van der Waals surface area contributed by atoms with Gasteiger partial charge in [-0.25, -0.2) is 0 Å². The molecule has 0 amide bonds. The second-order valence-electron chi connectivity index (χ2n) is 13.9. The number of ether oxygens (including phenoxy) is 4. The highest BCUT2D eigenvalue weighted by molar-refractivity contribution is 5.52. The highest BCUT2D eigenvalue weighted by Gasteiger charge is 2.29. The molecule has 0 fully saturated rings. The van der Waals surface area contributed by atoms with Crippen LogP contribution >= 0.6 is 0 Å². The third kappa shape index (κ3) is 13.4. The molecular formula is C40H66O10. The molecule has 2 aromatic carbocycles. The summed E-state index contributed by atoms with van der Waals surface area (Å²) in [5.41, 5.74) is 2.65. The lowest BCUT2D eigenvalue weighted by molar-refractivity contribution is -0.0294. The Morgan fingerprint density at radius 2 is 1.02 bits per heavy atom. The summed E-state index contributed by atoms with van der Waals surface area (Å²) in [4.78, 5) is 0. The van der Waals surface area contributed by atoms with E-state index in [1.54, 1.807) is 24.3 Å². The SMILES string of the molecule is CCCCC(CC)COCC(O)COc1c(CO)cc(C(C)(C)c2cc(CO)c(OCC(O)COC(CC)CCCC)c(CO)c2)cc1CO. The van der Waals surface area contributed by atoms with Crippen LogP contribution in [0, 0.1) is 5.92 Å². The first-order valence-electron chi connectivity index (χ1n) is 18.6. The maximum Gasteiger partial charge on any atom is 0.130 e. The van der Waals surface area contributed by atoms with Crippen molar-refractivity contribution in [1.82, 2.24) is 0 Å². The molecule has 0 heterocycles. The highest BCUT2D eigenvalue weighted by Crippen LogP contribution is 2.39. The van der Waals surface area contributed by atoms with Crippen molar-refractivity contribution < 1.29 is 49.6 Å². The van der Waals surface area contributed by atoms with Crippen molar-refractivity contribution in [2.75, 3.05) is 33.0 Å². The molecule has 6 N–H and O–H groups in total. The van der Waals surface area contributed by atoms with Crippen molar-refractivity contribution in [3.05, 3.63) is 57.6 Å². The molecule has 2 rings (SSSR count). The summed E-state index contributed by atoms with van der Waals surface area (Å²) in [6.45, 7) is 11.7. The molecule has 0 aromatic heterocycles. The zero-order valence-electron chi connectivity index (χ0n) is 31.5. The van der Waals surface area contributed by atoms with Gasteiger partial charge in [-0.3, -0.25) is 0 Å². The summed E-state index contributed by atoms with van der Waals surface area (Å²) >= 11 is 0. The van der Waals surface area contributed by atoms with E-state index in [-0.39, 0.29) is 59.0 Å². The first-order chi connectivity index (χ1) is 24.0. The molecule has 0 radical (unpaired) electrons. The maximum atomic E-state index is 10.6. The van der Waals surface area contributed by atoms with Crippen LogP contribution in [0.4, 0.5) is 0 Å². The standard InChI is InChI=1S/C40H66O10/c1-7-11-13-28(9-3)23-47-24-35(45)26-49-38-29(19-41)15-33(16-30(38)20-42)40(5,6)34-17-31(21-43)39(32(18-34)22-44)50-27-36(46)25-48-37(10-4)14-12-8-2/h15-18,28,35-37,41-46H,7-14,19-27H2,1-6H3. The maximum absolute atomic E-state index is 10.6. The average Bonchev–Trinajstić information content (AvgIpc) is 3.13. The van der Waals surface area contributed by atoms with Gasteiger partial charge in [0.1, 0.15) is 36.9 Å². The van der Waals surface area contributed by atoms with Crippen molar-refractivity contribution in [3.63, 3.8) is 0 Å². The molecule has 0 saturated heterocycles. The molecule has 286 valence electrons. The van der Waals surface area contributed by atoms with E-state index in [4.69, 9.17) is 18.9 Å². The second-order valence-corrected chi connectivity index (χ2v) is 13.9. The Balaban J connectivity index is 2.22. The van der Waals surface area contributed by atoms with Crippen LogP contribution in [0.2, 0.25) is 0 Å². The number of aliphatic hydroxyl groups is 6. The molecule has 10 nitrogen and oxygen atoms in total. The lowest BCUT2D eigenvalue weighted by Crippen LogP contribution is -2.27. The van der Waals surface area contributed by atoms with Crippen LogP contribution in [0.15, 0.2) is 24.3 Å². The number of benzene rings is 2. The van der Waals surface area contributed by atoms with Crippen molar-refractivity contribution in [2.24, 2.45) is 5.92 Å². The Labute approximate surface area is 300 Å². The monoisotopic (exact) mass is 706 g/mol. The van der Waals surface area contributed by atoms with Gasteiger partial charge in [-0.1, -0.05) is 73.6 Å². The van der Waals surface area contributed by atoms with Gasteiger partial charge in [-0.05, 0) is 60.6 Å². The fourth-order valence-corrected chi connectivity index (χ4v) is 6.05. The largest absolute Gasteiger partial charge is 0.490 e. The van der Waals surface area contributed by atoms with Crippen LogP contribution in [-0.4, -0.2) is 82.0 Å². The van der Waals surface area contributed by atoms with E-state index in [1.807, 2.05) is 13.8 Å². The molecule has 0 saturated carbocycles. The minimum atomic E-state index is -0.882. The zero-order valence-corrected chi connectivity index (χ0v) is 31.5. The summed E-state index contributed by atoms with van der Waals surface area (Å²) in [6, 6.07) is 7.22. The predicted octanol–water partition coefficient (Wildman–Crippen LogP) is 5.68. The van der Waals surface area contributed by atoms with E-state index in [2.05, 4.69) is 27.7 Å². The Bertz CT molecular complexity index is 1180. The van der Waals surface area contributed by atoms with Crippen molar-refractivity contribution in [3.8, 4) is 11.5 Å². The average molecular weight is 707 g/mol. The van der Waals surface area contributed by atoms with Gasteiger partial charge in [0.15, 0.2) is 0 Å². The molecular weight excluding hydrogens is 640 g/mol. The van der Waals surface area contributed by atoms with Gasteiger partial charge in [-0.15, -0.1) is 0 Å². The van der Waals surface area contributed by atoms with Crippen molar-refractivity contribution in [2.45, 2.75) is 143 Å². The summed E-state index contributed by atoms with van der Waals surface area (Å²) in [6.07, 6.45) is 6.67. The molecule has 4 unspecified atom stereocenters. The molecule has 0 aliphatic rings. The fourth-order valence-electron chi connectivity index (χ4n) is 6.05. The minimum absolute atomic E-state index is 0.0610. The third-order valence-electron chi connectivity index (χ3n) is 9.52. The molecule has 4 atom stereocenters. The number of unbranched alkanes of at least 4 members (excludes halogenated alkanes) is 2. The molecule has 0 aliphatic heterocycles. The van der Waals surface area contributed by atoms with Crippen LogP contribution in [-0.2, 0) is 41.3 Å². The summed E-state index contributed by atoms with van der Waals surface area (Å²) in [5.74, 6) is 1.09. The first kappa shape index (κ1) is 43.9. The normalized spacial score (nSPS) is 14.4. The summed E-state index contributed by atoms with van der Waals surface area (Å²) in [5, 5.41) is 62.5. The molecule has 0 aliphatic carbocycles. The number of hydrogen-bond acceptors (Lipinski definition) is 10. The van der Waals surface area contributed by atoms with Gasteiger partial charge in [0, 0.05) is 34.3 Å². The molecule has 50 heavy (non-hydrogen) atoms. The van der Waals surface area contributed by atoms with Crippen LogP contribution in [0.5, 0.6) is 11.5 Å². The molecule has 10 heteroatoms. The van der Waals surface area contributed by atoms with Crippen LogP contribution < -0.4 is 9.47 Å². The quantitative estimate of drug-likeness (QED) is 0.0683. The van der Waals surface area contributed by atoms with Crippen LogP contribution in [0.25, 0.3) is 0 Å². The summed E-state index contributed by atoms with van der Waals surface area (Å²) < 4.78 is 23.6. The lowest BCUT2D eigenvalue weighted by Gasteiger charge is -2.30. The topological polar surface area (TPSA) is 158 Å². The number of rotatable bonds is 27. The Morgan fingerprint density at radius 1 is 0.580 bits per heavy atom. The number of hydrogen-bond donors (Lipinski definition) is 6. The van der Waals surface area contributed by atoms with Gasteiger partial charge in [0.25, 0.3) is 0 Å². The highest BCUT2D eigenvalue weighted by atomic mass is 16.5. The van der Waals surface area contributed by atoms with Gasteiger partial charge in [0.2, 0.25) is 0 Å². The predicted molar refractivity (Wildman–Crippen MR) is 195 cm³/mol. The Kier molecular flexibility index (Phi) is 20.5. The van der Waals surface area contributed by atoms with E-state index < -0.39 is 17.6 Å². The van der Waals surface area contributed by atoms with Gasteiger partial charge in [0.05, 0.1) is 45.7 Å². The zero-order chi connectivity index (χ0) is 37.1. The lowest BCUT2D eigenvalue weighted by atomic mass is 9.76. The Morgan fingerprint density at radius 3 is 1.42 bits per heavy atom. The van der Waals surface area contributed by atoms with E-state index in [0.717, 1.165) is 62.5 Å². The Hall–Kier alpha value is -2.28. The molecule has 2 aromatic rings. The fraction of sp³-hybridized carbons (Fsp3) is 0.700. The van der Waals surface area contributed by atoms with E-state index >= 15 is 0 Å². The van der Waals surface area contributed by atoms with Crippen LogP contribution in [0.1, 0.15) is 126 Å². The summed E-state index contributed by atoms with van der Waals surface area (Å²) in [7, 11) is 0. The van der Waals surface area contributed by atoms with E-state index in [0.29, 0.717) is 46.3 Å². The van der Waals surface area contributed by atoms with Crippen molar-refractivity contribution >= 4 is 0 Å².